The molecular formula is C27H27ClF3N9O2. The van der Waals surface area contributed by atoms with Crippen molar-refractivity contribution < 1.29 is 22.7 Å². The van der Waals surface area contributed by atoms with Crippen LogP contribution in [-0.4, -0.2) is 75.3 Å². The Morgan fingerprint density at radius 3 is 2.64 bits per heavy atom. The van der Waals surface area contributed by atoms with Gasteiger partial charge in [0, 0.05) is 43.5 Å². The molecule has 5 rings (SSSR count). The SMILES string of the molecule is Cc1ccc(C(=O)Nc2ccc(Cl)c(C(F)(F)F)c2)cc1N(c1cc(NCCN2CCOCC2)ncn1)c1ncn[nH]1. The lowest BCUT2D eigenvalue weighted by Crippen LogP contribution is -2.39. The number of carbonyl (C=O) groups is 1. The smallest absolute Gasteiger partial charge is 0.379 e. The Kier molecular flexibility index (Phi) is 8.85. The van der Waals surface area contributed by atoms with E-state index in [4.69, 9.17) is 16.3 Å². The van der Waals surface area contributed by atoms with E-state index in [0.29, 0.717) is 43.0 Å². The first-order chi connectivity index (χ1) is 20.2. The molecule has 15 heteroatoms. The molecule has 1 fully saturated rings. The molecule has 0 radical (unpaired) electrons. The van der Waals surface area contributed by atoms with Crippen molar-refractivity contribution >= 4 is 46.5 Å². The number of rotatable bonds is 9. The zero-order chi connectivity index (χ0) is 29.7. The number of H-pyrrole nitrogens is 1. The molecule has 3 heterocycles. The number of hydrogen-bond donors (Lipinski definition) is 3. The van der Waals surface area contributed by atoms with Gasteiger partial charge in [0.15, 0.2) is 0 Å². The number of hydrogen-bond acceptors (Lipinski definition) is 9. The van der Waals surface area contributed by atoms with E-state index in [1.165, 1.54) is 18.7 Å². The van der Waals surface area contributed by atoms with Crippen LogP contribution in [0.4, 0.5) is 42.1 Å². The van der Waals surface area contributed by atoms with Crippen molar-refractivity contribution in [1.82, 2.24) is 30.0 Å². The number of halogens is 4. The van der Waals surface area contributed by atoms with E-state index in [0.717, 1.165) is 37.3 Å². The maximum absolute atomic E-state index is 13.3. The Hall–Kier alpha value is -4.27. The molecule has 1 amide bonds. The summed E-state index contributed by atoms with van der Waals surface area (Å²) in [7, 11) is 0. The zero-order valence-corrected chi connectivity index (χ0v) is 23.2. The summed E-state index contributed by atoms with van der Waals surface area (Å²) in [5.41, 5.74) is 0.427. The number of morpholine rings is 1. The van der Waals surface area contributed by atoms with Crippen molar-refractivity contribution in [2.24, 2.45) is 0 Å². The van der Waals surface area contributed by atoms with Gasteiger partial charge in [-0.3, -0.25) is 14.6 Å². The van der Waals surface area contributed by atoms with Gasteiger partial charge in [0.1, 0.15) is 24.3 Å². The van der Waals surface area contributed by atoms with E-state index in [9.17, 15) is 18.0 Å². The molecule has 0 saturated carbocycles. The van der Waals surface area contributed by atoms with Crippen LogP contribution in [0.1, 0.15) is 21.5 Å². The van der Waals surface area contributed by atoms with Gasteiger partial charge in [0.05, 0.1) is 29.5 Å². The molecule has 0 atom stereocenters. The average Bonchev–Trinajstić information content (AvgIpc) is 3.50. The predicted octanol–water partition coefficient (Wildman–Crippen LogP) is 5.04. The van der Waals surface area contributed by atoms with Crippen molar-refractivity contribution in [3.63, 3.8) is 0 Å². The molecule has 4 aromatic rings. The van der Waals surface area contributed by atoms with E-state index in [-0.39, 0.29) is 11.3 Å². The third-order valence-electron chi connectivity index (χ3n) is 6.58. The van der Waals surface area contributed by atoms with Gasteiger partial charge in [-0.15, -0.1) is 0 Å². The first-order valence-corrected chi connectivity index (χ1v) is 13.4. The molecule has 0 unspecified atom stereocenters. The third-order valence-corrected chi connectivity index (χ3v) is 6.91. The van der Waals surface area contributed by atoms with Crippen LogP contribution < -0.4 is 15.5 Å². The molecule has 42 heavy (non-hydrogen) atoms. The number of aromatic amines is 1. The van der Waals surface area contributed by atoms with Gasteiger partial charge in [-0.05, 0) is 42.8 Å². The van der Waals surface area contributed by atoms with Crippen molar-refractivity contribution in [3.8, 4) is 0 Å². The fourth-order valence-corrected chi connectivity index (χ4v) is 4.63. The van der Waals surface area contributed by atoms with Gasteiger partial charge in [0.2, 0.25) is 5.95 Å². The second-order valence-corrected chi connectivity index (χ2v) is 9.84. The van der Waals surface area contributed by atoms with Crippen LogP contribution in [0.3, 0.4) is 0 Å². The molecule has 11 nitrogen and oxygen atoms in total. The minimum atomic E-state index is -4.67. The number of benzene rings is 2. The quantitative estimate of drug-likeness (QED) is 0.242. The number of aryl methyl sites for hydroxylation is 1. The largest absolute Gasteiger partial charge is 0.417 e. The molecule has 0 spiro atoms. The number of nitrogens with one attached hydrogen (secondary N) is 3. The van der Waals surface area contributed by atoms with Crippen LogP contribution >= 0.6 is 11.6 Å². The number of anilines is 5. The predicted molar refractivity (Wildman–Crippen MR) is 152 cm³/mol. The number of ether oxygens (including phenoxy) is 1. The summed E-state index contributed by atoms with van der Waals surface area (Å²) in [6.07, 6.45) is -1.91. The minimum absolute atomic E-state index is 0.0467. The van der Waals surface area contributed by atoms with E-state index in [1.54, 1.807) is 29.2 Å². The van der Waals surface area contributed by atoms with Gasteiger partial charge in [-0.25, -0.2) is 15.1 Å². The molecular weight excluding hydrogens is 575 g/mol. The molecule has 3 N–H and O–H groups in total. The standard InChI is InChI=1S/C27H27ClF3N9O2/c1-17-2-3-18(25(41)37-19-4-5-21(28)20(13-19)27(29,30)31)12-22(17)40(26-35-16-36-38-26)24-14-23(33-15-34-24)32-6-7-39-8-10-42-11-9-39/h2-5,12-16H,6-11H2,1H3,(H,37,41)(H,32,33,34)(H,35,36,38). The van der Waals surface area contributed by atoms with Crippen LogP contribution in [-0.2, 0) is 10.9 Å². The Morgan fingerprint density at radius 1 is 1.10 bits per heavy atom. The van der Waals surface area contributed by atoms with Crippen molar-refractivity contribution in [2.45, 2.75) is 13.1 Å². The molecule has 0 aliphatic carbocycles. The summed E-state index contributed by atoms with van der Waals surface area (Å²) >= 11 is 5.72. The summed E-state index contributed by atoms with van der Waals surface area (Å²) < 4.78 is 45.3. The second kappa shape index (κ2) is 12.7. The lowest BCUT2D eigenvalue weighted by atomic mass is 10.1. The molecule has 1 saturated heterocycles. The first kappa shape index (κ1) is 29.2. The Morgan fingerprint density at radius 2 is 1.90 bits per heavy atom. The zero-order valence-electron chi connectivity index (χ0n) is 22.5. The number of amides is 1. The van der Waals surface area contributed by atoms with E-state index >= 15 is 0 Å². The highest BCUT2D eigenvalue weighted by Crippen LogP contribution is 2.37. The highest BCUT2D eigenvalue weighted by atomic mass is 35.5. The molecule has 220 valence electrons. The summed E-state index contributed by atoms with van der Waals surface area (Å²) in [4.78, 5) is 30.2. The van der Waals surface area contributed by atoms with Gasteiger partial charge in [0.25, 0.3) is 5.91 Å². The molecule has 2 aromatic heterocycles. The maximum atomic E-state index is 13.3. The molecule has 2 aromatic carbocycles. The lowest BCUT2D eigenvalue weighted by Gasteiger charge is -2.26. The van der Waals surface area contributed by atoms with Crippen molar-refractivity contribution in [3.05, 3.63) is 76.8 Å². The maximum Gasteiger partial charge on any atom is 0.417 e. The van der Waals surface area contributed by atoms with E-state index < -0.39 is 22.7 Å². The summed E-state index contributed by atoms with van der Waals surface area (Å²) in [6.45, 7) is 6.51. The van der Waals surface area contributed by atoms with Gasteiger partial charge in [-0.1, -0.05) is 17.7 Å². The van der Waals surface area contributed by atoms with E-state index in [1.807, 2.05) is 6.92 Å². The van der Waals surface area contributed by atoms with Gasteiger partial charge in [-0.2, -0.15) is 23.3 Å². The normalized spacial score (nSPS) is 14.0. The average molecular weight is 602 g/mol. The van der Waals surface area contributed by atoms with Crippen molar-refractivity contribution in [2.75, 3.05) is 54.9 Å². The van der Waals surface area contributed by atoms with Gasteiger partial charge >= 0.3 is 6.18 Å². The number of alkyl halides is 3. The third kappa shape index (κ3) is 6.95. The highest BCUT2D eigenvalue weighted by Gasteiger charge is 2.33. The Labute approximate surface area is 244 Å². The van der Waals surface area contributed by atoms with E-state index in [2.05, 4.69) is 40.7 Å². The fraction of sp³-hybridized carbons (Fsp3) is 0.296. The van der Waals surface area contributed by atoms with Gasteiger partial charge < -0.3 is 15.4 Å². The monoisotopic (exact) mass is 601 g/mol. The fourth-order valence-electron chi connectivity index (χ4n) is 4.40. The number of aromatic nitrogens is 5. The van der Waals surface area contributed by atoms with Crippen molar-refractivity contribution in [1.29, 1.82) is 0 Å². The second-order valence-electron chi connectivity index (χ2n) is 9.43. The Bertz CT molecular complexity index is 1530. The Balaban J connectivity index is 1.40. The topological polar surface area (TPSA) is 124 Å². The first-order valence-electron chi connectivity index (χ1n) is 13.0. The molecule has 0 bridgehead atoms. The van der Waals surface area contributed by atoms with Crippen LogP contribution in [0, 0.1) is 6.92 Å². The van der Waals surface area contributed by atoms with Crippen LogP contribution in [0.25, 0.3) is 0 Å². The summed E-state index contributed by atoms with van der Waals surface area (Å²) in [6, 6.07) is 9.84. The minimum Gasteiger partial charge on any atom is -0.379 e. The highest BCUT2D eigenvalue weighted by molar-refractivity contribution is 6.31. The van der Waals surface area contributed by atoms with Crippen LogP contribution in [0.2, 0.25) is 5.02 Å². The van der Waals surface area contributed by atoms with Crippen LogP contribution in [0.15, 0.2) is 55.1 Å². The van der Waals surface area contributed by atoms with Crippen LogP contribution in [0.5, 0.6) is 0 Å². The number of nitrogens with zero attached hydrogens (tertiary/aromatic N) is 6. The lowest BCUT2D eigenvalue weighted by molar-refractivity contribution is -0.137. The summed E-state index contributed by atoms with van der Waals surface area (Å²) in [5, 5.41) is 12.2. The molecule has 1 aliphatic heterocycles. The summed E-state index contributed by atoms with van der Waals surface area (Å²) in [5.74, 6) is 0.759. The number of carbonyl (C=O) groups excluding carboxylic acids is 1. The molecule has 1 aliphatic rings.